The SMILES string of the molecule is NNC(Cc1ccc(Cl)s1)c1cc(Cl)cc(Cl)c1. The maximum absolute atomic E-state index is 5.99. The molecule has 0 aliphatic rings. The molecule has 0 fully saturated rings. The molecule has 0 saturated heterocycles. The third kappa shape index (κ3) is 3.60. The quantitative estimate of drug-likeness (QED) is 0.644. The summed E-state index contributed by atoms with van der Waals surface area (Å²) >= 11 is 19.4. The van der Waals surface area contributed by atoms with Gasteiger partial charge in [-0.15, -0.1) is 11.3 Å². The van der Waals surface area contributed by atoms with Gasteiger partial charge in [0.1, 0.15) is 0 Å². The Morgan fingerprint density at radius 2 is 1.78 bits per heavy atom. The van der Waals surface area contributed by atoms with E-state index in [0.29, 0.717) is 10.0 Å². The Morgan fingerprint density at radius 3 is 2.28 bits per heavy atom. The molecule has 18 heavy (non-hydrogen) atoms. The number of hydrogen-bond donors (Lipinski definition) is 2. The van der Waals surface area contributed by atoms with Crippen molar-refractivity contribution in [2.75, 3.05) is 0 Å². The number of thiophene rings is 1. The van der Waals surface area contributed by atoms with Gasteiger partial charge in [-0.3, -0.25) is 11.3 Å². The summed E-state index contributed by atoms with van der Waals surface area (Å²) in [7, 11) is 0. The van der Waals surface area contributed by atoms with Crippen LogP contribution in [0.2, 0.25) is 14.4 Å². The Hall–Kier alpha value is -0.290. The van der Waals surface area contributed by atoms with Gasteiger partial charge < -0.3 is 0 Å². The van der Waals surface area contributed by atoms with Crippen LogP contribution in [-0.2, 0) is 6.42 Å². The topological polar surface area (TPSA) is 38.0 Å². The number of rotatable bonds is 4. The molecule has 2 nitrogen and oxygen atoms in total. The molecule has 6 heteroatoms. The van der Waals surface area contributed by atoms with Crippen LogP contribution in [0.25, 0.3) is 0 Å². The van der Waals surface area contributed by atoms with Gasteiger partial charge in [-0.25, -0.2) is 0 Å². The lowest BCUT2D eigenvalue weighted by Gasteiger charge is -2.16. The second kappa shape index (κ2) is 6.24. The molecule has 1 heterocycles. The van der Waals surface area contributed by atoms with Crippen molar-refractivity contribution in [3.05, 3.63) is 55.2 Å². The lowest BCUT2D eigenvalue weighted by atomic mass is 10.0. The highest BCUT2D eigenvalue weighted by molar-refractivity contribution is 7.16. The van der Waals surface area contributed by atoms with Crippen molar-refractivity contribution in [3.63, 3.8) is 0 Å². The van der Waals surface area contributed by atoms with Crippen LogP contribution in [0.1, 0.15) is 16.5 Å². The summed E-state index contributed by atoms with van der Waals surface area (Å²) in [5.41, 5.74) is 3.73. The van der Waals surface area contributed by atoms with Gasteiger partial charge in [-0.05, 0) is 35.9 Å². The first-order valence-electron chi connectivity index (χ1n) is 5.25. The van der Waals surface area contributed by atoms with E-state index in [2.05, 4.69) is 5.43 Å². The average molecular weight is 322 g/mol. The van der Waals surface area contributed by atoms with Gasteiger partial charge >= 0.3 is 0 Å². The molecule has 1 aromatic carbocycles. The first kappa shape index (κ1) is 14.1. The minimum Gasteiger partial charge on any atom is -0.271 e. The van der Waals surface area contributed by atoms with E-state index >= 15 is 0 Å². The molecule has 0 aliphatic carbocycles. The Bertz CT molecular complexity index is 522. The maximum atomic E-state index is 5.99. The molecule has 0 bridgehead atoms. The van der Waals surface area contributed by atoms with Gasteiger partial charge in [0.05, 0.1) is 10.4 Å². The molecular formula is C12H11Cl3N2S. The summed E-state index contributed by atoms with van der Waals surface area (Å²) in [4.78, 5) is 1.15. The van der Waals surface area contributed by atoms with Gasteiger partial charge in [0, 0.05) is 21.3 Å². The van der Waals surface area contributed by atoms with E-state index < -0.39 is 0 Å². The second-order valence-corrected chi connectivity index (χ2v) is 6.50. The summed E-state index contributed by atoms with van der Waals surface area (Å²) < 4.78 is 0.768. The highest BCUT2D eigenvalue weighted by atomic mass is 35.5. The summed E-state index contributed by atoms with van der Waals surface area (Å²) in [6.45, 7) is 0. The molecule has 0 spiro atoms. The van der Waals surface area contributed by atoms with Crippen molar-refractivity contribution < 1.29 is 0 Å². The highest BCUT2D eigenvalue weighted by Crippen LogP contribution is 2.29. The molecule has 2 aromatic rings. The fourth-order valence-corrected chi connectivity index (χ4v) is 3.39. The molecule has 0 aliphatic heterocycles. The number of nitrogens with one attached hydrogen (secondary N) is 1. The van der Waals surface area contributed by atoms with Crippen LogP contribution in [0.5, 0.6) is 0 Å². The van der Waals surface area contributed by atoms with Crippen LogP contribution in [-0.4, -0.2) is 0 Å². The number of nitrogens with two attached hydrogens (primary N) is 1. The largest absolute Gasteiger partial charge is 0.271 e. The highest BCUT2D eigenvalue weighted by Gasteiger charge is 2.13. The van der Waals surface area contributed by atoms with Crippen molar-refractivity contribution in [3.8, 4) is 0 Å². The fourth-order valence-electron chi connectivity index (χ4n) is 1.71. The summed E-state index contributed by atoms with van der Waals surface area (Å²) in [6, 6.07) is 9.22. The minimum absolute atomic E-state index is 0.0454. The molecule has 0 saturated carbocycles. The smallest absolute Gasteiger partial charge is 0.0931 e. The van der Waals surface area contributed by atoms with Crippen LogP contribution in [0.15, 0.2) is 30.3 Å². The van der Waals surface area contributed by atoms with Gasteiger partial charge in [-0.1, -0.05) is 34.8 Å². The third-order valence-corrected chi connectivity index (χ3v) is 4.21. The van der Waals surface area contributed by atoms with E-state index in [9.17, 15) is 0 Å². The van der Waals surface area contributed by atoms with Crippen LogP contribution >= 0.6 is 46.1 Å². The lowest BCUT2D eigenvalue weighted by molar-refractivity contribution is 0.555. The van der Waals surface area contributed by atoms with E-state index in [1.807, 2.05) is 24.3 Å². The number of hydrogen-bond acceptors (Lipinski definition) is 3. The predicted octanol–water partition coefficient (Wildman–Crippen LogP) is 4.46. The van der Waals surface area contributed by atoms with Gasteiger partial charge in [0.2, 0.25) is 0 Å². The van der Waals surface area contributed by atoms with Crippen molar-refractivity contribution in [1.82, 2.24) is 5.43 Å². The third-order valence-electron chi connectivity index (χ3n) is 2.52. The molecule has 1 atom stereocenters. The zero-order valence-corrected chi connectivity index (χ0v) is 12.4. The van der Waals surface area contributed by atoms with Crippen LogP contribution < -0.4 is 11.3 Å². The molecule has 96 valence electrons. The van der Waals surface area contributed by atoms with Crippen molar-refractivity contribution in [2.24, 2.45) is 5.84 Å². The van der Waals surface area contributed by atoms with Crippen molar-refractivity contribution in [1.29, 1.82) is 0 Å². The fraction of sp³-hybridized carbons (Fsp3) is 0.167. The van der Waals surface area contributed by atoms with Crippen molar-refractivity contribution in [2.45, 2.75) is 12.5 Å². The number of benzene rings is 1. The van der Waals surface area contributed by atoms with Gasteiger partial charge in [-0.2, -0.15) is 0 Å². The lowest BCUT2D eigenvalue weighted by Crippen LogP contribution is -2.29. The number of hydrazine groups is 1. The molecule has 1 unspecified atom stereocenters. The first-order valence-corrected chi connectivity index (χ1v) is 7.20. The summed E-state index contributed by atoms with van der Waals surface area (Å²) in [5, 5.41) is 1.20. The Kier molecular flexibility index (Phi) is 4.90. The maximum Gasteiger partial charge on any atom is 0.0931 e. The average Bonchev–Trinajstić information content (AvgIpc) is 2.70. The minimum atomic E-state index is -0.0454. The summed E-state index contributed by atoms with van der Waals surface area (Å²) in [5.74, 6) is 5.60. The van der Waals surface area contributed by atoms with E-state index in [0.717, 1.165) is 21.2 Å². The number of halogens is 3. The van der Waals surface area contributed by atoms with E-state index in [1.54, 1.807) is 6.07 Å². The first-order chi connectivity index (χ1) is 8.58. The van der Waals surface area contributed by atoms with E-state index in [-0.39, 0.29) is 6.04 Å². The van der Waals surface area contributed by atoms with Crippen LogP contribution in [0.3, 0.4) is 0 Å². The standard InChI is InChI=1S/C12H11Cl3N2S/c13-8-3-7(4-9(14)5-8)11(17-16)6-10-1-2-12(15)18-10/h1-5,11,17H,6,16H2. The molecular weight excluding hydrogens is 311 g/mol. The second-order valence-electron chi connectivity index (χ2n) is 3.83. The van der Waals surface area contributed by atoms with Crippen LogP contribution in [0, 0.1) is 0 Å². The normalized spacial score (nSPS) is 12.7. The zero-order valence-electron chi connectivity index (χ0n) is 9.29. The van der Waals surface area contributed by atoms with Crippen molar-refractivity contribution >= 4 is 46.1 Å². The Morgan fingerprint density at radius 1 is 1.11 bits per heavy atom. The van der Waals surface area contributed by atoms with Gasteiger partial charge in [0.15, 0.2) is 0 Å². The molecule has 2 rings (SSSR count). The molecule has 3 N–H and O–H groups in total. The summed E-state index contributed by atoms with van der Waals surface area (Å²) in [6.07, 6.45) is 0.741. The molecule has 0 radical (unpaired) electrons. The zero-order chi connectivity index (χ0) is 13.1. The Labute approximate surface area is 125 Å². The Balaban J connectivity index is 2.22. The van der Waals surface area contributed by atoms with E-state index in [1.165, 1.54) is 11.3 Å². The molecule has 0 amide bonds. The van der Waals surface area contributed by atoms with E-state index in [4.69, 9.17) is 40.6 Å². The van der Waals surface area contributed by atoms with Gasteiger partial charge in [0.25, 0.3) is 0 Å². The van der Waals surface area contributed by atoms with Crippen LogP contribution in [0.4, 0.5) is 0 Å². The molecule has 1 aromatic heterocycles. The predicted molar refractivity (Wildman–Crippen MR) is 79.6 cm³/mol. The monoisotopic (exact) mass is 320 g/mol.